The highest BCUT2D eigenvalue weighted by Crippen LogP contribution is 2.21. The molecule has 1 heteroatoms. The fourth-order valence-corrected chi connectivity index (χ4v) is 1.01. The predicted molar refractivity (Wildman–Crippen MR) is 42.2 cm³/mol. The van der Waals surface area contributed by atoms with Crippen LogP contribution in [0.15, 0.2) is 18.2 Å². The fourth-order valence-electron chi connectivity index (χ4n) is 1.01. The Morgan fingerprint density at radius 3 is 2.60 bits per heavy atom. The largest absolute Gasteiger partial charge is 0.507 e. The average molecular weight is 138 g/mol. The molecule has 1 aromatic carbocycles. The van der Waals surface area contributed by atoms with Crippen molar-refractivity contribution in [3.63, 3.8) is 0 Å². The third-order valence-electron chi connectivity index (χ3n) is 1.70. The molecule has 0 aliphatic heterocycles. The van der Waals surface area contributed by atoms with E-state index in [1.54, 1.807) is 0 Å². The van der Waals surface area contributed by atoms with E-state index in [0.717, 1.165) is 17.5 Å². The Morgan fingerprint density at radius 2 is 2.10 bits per heavy atom. The molecule has 0 bridgehead atoms. The number of rotatable bonds is 1. The van der Waals surface area contributed by atoms with Crippen LogP contribution in [0.3, 0.4) is 0 Å². The Kier molecular flexibility index (Phi) is 1.95. The Hall–Kier alpha value is -0.980. The summed E-state index contributed by atoms with van der Waals surface area (Å²) < 4.78 is 0. The average Bonchev–Trinajstić information content (AvgIpc) is 1.95. The first-order chi connectivity index (χ1) is 4.75. The van der Waals surface area contributed by atoms with Crippen LogP contribution < -0.4 is 0 Å². The molecule has 1 nitrogen and oxygen atoms in total. The molecule has 0 aliphatic carbocycles. The van der Waals surface area contributed by atoms with Gasteiger partial charge in [-0.05, 0) is 24.5 Å². The number of phenols is 1. The number of para-hydroxylation sites is 1. The summed E-state index contributed by atoms with van der Waals surface area (Å²) in [5, 5.41) is 9.40. The van der Waals surface area contributed by atoms with Crippen molar-refractivity contribution in [2.24, 2.45) is 0 Å². The number of aryl methyl sites for hydroxylation is 2. The summed E-state index contributed by atoms with van der Waals surface area (Å²) in [6, 6.07) is 5.82. The summed E-state index contributed by atoms with van der Waals surface area (Å²) in [5.41, 5.74) is 1.99. The lowest BCUT2D eigenvalue weighted by Crippen LogP contribution is -1.82. The minimum Gasteiger partial charge on any atom is -0.507 e. The van der Waals surface area contributed by atoms with Crippen molar-refractivity contribution in [1.29, 1.82) is 0 Å². The van der Waals surface area contributed by atoms with Gasteiger partial charge in [0.2, 0.25) is 0 Å². The summed E-state index contributed by atoms with van der Waals surface area (Å²) in [6.07, 6.45) is 0.896. The number of phenolic OH excluding ortho intramolecular Hbond substituents is 1. The molecule has 1 rings (SSSR count). The van der Waals surface area contributed by atoms with Crippen molar-refractivity contribution in [2.45, 2.75) is 20.3 Å². The van der Waals surface area contributed by atoms with Gasteiger partial charge in [-0.25, -0.2) is 0 Å². The molecule has 0 heterocycles. The number of hydrogen-bond acceptors (Lipinski definition) is 1. The van der Waals surface area contributed by atoms with Crippen molar-refractivity contribution < 1.29 is 5.11 Å². The van der Waals surface area contributed by atoms with Gasteiger partial charge < -0.3 is 5.11 Å². The van der Waals surface area contributed by atoms with E-state index >= 15 is 0 Å². The van der Waals surface area contributed by atoms with Crippen LogP contribution in [0.4, 0.5) is 0 Å². The molecule has 54 valence electrons. The van der Waals surface area contributed by atoms with Crippen molar-refractivity contribution in [2.75, 3.05) is 0 Å². The SMILES string of the molecule is Cc1cccc([13CH2][13CH3])c1O. The van der Waals surface area contributed by atoms with Crippen molar-refractivity contribution >= 4 is 0 Å². The van der Waals surface area contributed by atoms with Gasteiger partial charge in [0.1, 0.15) is 5.75 Å². The van der Waals surface area contributed by atoms with Gasteiger partial charge >= 0.3 is 0 Å². The van der Waals surface area contributed by atoms with Crippen molar-refractivity contribution in [3.8, 4) is 5.75 Å². The Morgan fingerprint density at radius 1 is 1.40 bits per heavy atom. The van der Waals surface area contributed by atoms with E-state index in [0.29, 0.717) is 5.75 Å². The summed E-state index contributed by atoms with van der Waals surface area (Å²) >= 11 is 0. The first kappa shape index (κ1) is 7.13. The molecule has 0 saturated carbocycles. The van der Waals surface area contributed by atoms with Gasteiger partial charge in [-0.3, -0.25) is 0 Å². The molecular formula is C9H12O. The Balaban J connectivity index is 3.14. The number of aromatic hydroxyl groups is 1. The zero-order chi connectivity index (χ0) is 7.56. The molecule has 0 aliphatic rings. The van der Waals surface area contributed by atoms with E-state index in [9.17, 15) is 5.11 Å². The first-order valence-electron chi connectivity index (χ1n) is 3.53. The third-order valence-corrected chi connectivity index (χ3v) is 1.70. The van der Waals surface area contributed by atoms with Gasteiger partial charge in [-0.15, -0.1) is 0 Å². The zero-order valence-corrected chi connectivity index (χ0v) is 6.39. The Labute approximate surface area is 61.3 Å². The minimum absolute atomic E-state index is 0.449. The van der Waals surface area contributed by atoms with E-state index in [1.165, 1.54) is 0 Å². The van der Waals surface area contributed by atoms with Gasteiger partial charge in [-0.2, -0.15) is 0 Å². The number of benzene rings is 1. The van der Waals surface area contributed by atoms with Crippen LogP contribution in [0.1, 0.15) is 18.1 Å². The summed E-state index contributed by atoms with van der Waals surface area (Å²) in [6.45, 7) is 3.95. The van der Waals surface area contributed by atoms with Gasteiger partial charge in [0.25, 0.3) is 0 Å². The van der Waals surface area contributed by atoms with E-state index in [2.05, 4.69) is 0 Å². The summed E-state index contributed by atoms with van der Waals surface area (Å²) in [7, 11) is 0. The first-order valence-corrected chi connectivity index (χ1v) is 3.53. The molecule has 0 saturated heterocycles. The molecule has 10 heavy (non-hydrogen) atoms. The van der Waals surface area contributed by atoms with E-state index in [-0.39, 0.29) is 0 Å². The smallest absolute Gasteiger partial charge is 0.121 e. The van der Waals surface area contributed by atoms with E-state index < -0.39 is 0 Å². The molecule has 0 amide bonds. The number of hydrogen-bond donors (Lipinski definition) is 1. The van der Waals surface area contributed by atoms with Crippen LogP contribution in [0, 0.1) is 6.92 Å². The predicted octanol–water partition coefficient (Wildman–Crippen LogP) is 2.26. The van der Waals surface area contributed by atoms with Gasteiger partial charge in [0.15, 0.2) is 0 Å². The lowest BCUT2D eigenvalue weighted by molar-refractivity contribution is 0.464. The Bertz CT molecular complexity index is 228. The summed E-state index contributed by atoms with van der Waals surface area (Å²) in [4.78, 5) is 0. The lowest BCUT2D eigenvalue weighted by atomic mass is 10.2. The van der Waals surface area contributed by atoms with E-state index in [1.807, 2.05) is 32.0 Å². The van der Waals surface area contributed by atoms with E-state index in [4.69, 9.17) is 0 Å². The maximum absolute atomic E-state index is 9.40. The minimum atomic E-state index is 0.449. The lowest BCUT2D eigenvalue weighted by Gasteiger charge is -2.02. The highest BCUT2D eigenvalue weighted by molar-refractivity contribution is 5.39. The molecule has 0 aromatic heterocycles. The van der Waals surface area contributed by atoms with Crippen molar-refractivity contribution in [3.05, 3.63) is 29.3 Å². The van der Waals surface area contributed by atoms with Crippen LogP contribution in [0.2, 0.25) is 0 Å². The molecule has 1 N–H and O–H groups in total. The van der Waals surface area contributed by atoms with Crippen LogP contribution >= 0.6 is 0 Å². The van der Waals surface area contributed by atoms with Gasteiger partial charge in [-0.1, -0.05) is 25.1 Å². The maximum Gasteiger partial charge on any atom is 0.121 e. The van der Waals surface area contributed by atoms with Gasteiger partial charge in [0, 0.05) is 0 Å². The fraction of sp³-hybridized carbons (Fsp3) is 0.333. The molecule has 0 unspecified atom stereocenters. The quantitative estimate of drug-likeness (QED) is 0.590. The van der Waals surface area contributed by atoms with Crippen LogP contribution in [-0.2, 0) is 6.42 Å². The normalized spacial score (nSPS) is 9.80. The van der Waals surface area contributed by atoms with Crippen LogP contribution in [0.5, 0.6) is 5.75 Å². The molecule has 0 radical (unpaired) electrons. The molecule has 0 spiro atoms. The molecular weight excluding hydrogens is 126 g/mol. The monoisotopic (exact) mass is 138 g/mol. The molecule has 0 atom stereocenters. The van der Waals surface area contributed by atoms with Crippen molar-refractivity contribution in [1.82, 2.24) is 0 Å². The second-order valence-electron chi connectivity index (χ2n) is 2.44. The molecule has 0 fully saturated rings. The standard InChI is InChI=1S/C9H12O/c1-3-8-6-4-5-7(2)9(8)10/h4-6,10H,3H2,1-2H3/i1+1,3+1. The second kappa shape index (κ2) is 2.74. The van der Waals surface area contributed by atoms with Crippen LogP contribution in [-0.4, -0.2) is 5.11 Å². The summed E-state index contributed by atoms with van der Waals surface area (Å²) in [5.74, 6) is 0.449. The van der Waals surface area contributed by atoms with Gasteiger partial charge in [0.05, 0.1) is 0 Å². The van der Waals surface area contributed by atoms with Crippen LogP contribution in [0.25, 0.3) is 0 Å². The third kappa shape index (κ3) is 1.13. The highest BCUT2D eigenvalue weighted by Gasteiger charge is 1.98. The highest BCUT2D eigenvalue weighted by atomic mass is 16.3. The zero-order valence-electron chi connectivity index (χ0n) is 6.39. The second-order valence-corrected chi connectivity index (χ2v) is 2.44. The maximum atomic E-state index is 9.40. The molecule has 1 aromatic rings. The topological polar surface area (TPSA) is 20.2 Å².